The van der Waals surface area contributed by atoms with Crippen LogP contribution in [0.4, 0.5) is 28.7 Å². The highest BCUT2D eigenvalue weighted by atomic mass is 16.1. The molecular weight excluding hydrogens is 400 g/mol. The first-order valence-electron chi connectivity index (χ1n) is 10.1. The lowest BCUT2D eigenvalue weighted by atomic mass is 10.2. The molecule has 0 radical (unpaired) electrons. The van der Waals surface area contributed by atoms with Crippen LogP contribution in [0.1, 0.15) is 5.56 Å². The fourth-order valence-electron chi connectivity index (χ4n) is 2.93. The number of benzene rings is 2. The van der Waals surface area contributed by atoms with Gasteiger partial charge in [0.25, 0.3) is 0 Å². The molecule has 0 aliphatic heterocycles. The van der Waals surface area contributed by atoms with Gasteiger partial charge in [0, 0.05) is 35.7 Å². The fraction of sp³-hybridized carbons (Fsp3) is 0.160. The largest absolute Gasteiger partial charge is 0.340 e. The normalized spacial score (nSPS) is 10.7. The van der Waals surface area contributed by atoms with Gasteiger partial charge in [-0.1, -0.05) is 30.2 Å². The number of aromatic nitrogens is 2. The van der Waals surface area contributed by atoms with Gasteiger partial charge in [-0.25, -0.2) is 9.97 Å². The summed E-state index contributed by atoms with van der Waals surface area (Å²) in [4.78, 5) is 22.6. The number of terminal acetylenes is 1. The Hall–Kier alpha value is -4.15. The van der Waals surface area contributed by atoms with Crippen LogP contribution in [-0.2, 0) is 4.79 Å². The Morgan fingerprint density at radius 3 is 2.38 bits per heavy atom. The summed E-state index contributed by atoms with van der Waals surface area (Å²) >= 11 is 0. The van der Waals surface area contributed by atoms with Crippen LogP contribution in [-0.4, -0.2) is 40.9 Å². The highest BCUT2D eigenvalue weighted by Crippen LogP contribution is 2.22. The molecule has 3 aromatic rings. The molecule has 3 rings (SSSR count). The number of hydrogen-bond acceptors (Lipinski definition) is 6. The Morgan fingerprint density at radius 2 is 1.69 bits per heavy atom. The standard InChI is InChI=1S/C25H26N6O/c1-4-13-31(3)14-7-12-25(32)30-22-11-6-10-21(16-22)29-24-17-23(26-18-27-24)28-20-9-5-8-19(2)15-20/h1,5-12,15-18H,13-14H2,2-3H3,(H,30,32)(H2,26,27,28,29)/b12-7+. The molecule has 7 heteroatoms. The molecule has 1 aromatic heterocycles. The Bertz CT molecular complexity index is 1140. The second-order valence-electron chi connectivity index (χ2n) is 7.28. The van der Waals surface area contributed by atoms with Crippen LogP contribution < -0.4 is 16.0 Å². The Kier molecular flexibility index (Phi) is 7.96. The maximum absolute atomic E-state index is 12.2. The van der Waals surface area contributed by atoms with Crippen molar-refractivity contribution in [3.8, 4) is 12.3 Å². The van der Waals surface area contributed by atoms with Gasteiger partial charge in [-0.2, -0.15) is 0 Å². The van der Waals surface area contributed by atoms with Gasteiger partial charge in [0.2, 0.25) is 5.91 Å². The molecule has 32 heavy (non-hydrogen) atoms. The van der Waals surface area contributed by atoms with Crippen LogP contribution in [0.3, 0.4) is 0 Å². The van der Waals surface area contributed by atoms with E-state index in [1.54, 1.807) is 6.08 Å². The number of aryl methyl sites for hydroxylation is 1. The van der Waals surface area contributed by atoms with Crippen LogP contribution >= 0.6 is 0 Å². The summed E-state index contributed by atoms with van der Waals surface area (Å²) in [7, 11) is 1.90. The van der Waals surface area contributed by atoms with Crippen molar-refractivity contribution in [2.45, 2.75) is 6.92 Å². The third-order valence-electron chi connectivity index (χ3n) is 4.41. The zero-order chi connectivity index (χ0) is 22.8. The van der Waals surface area contributed by atoms with E-state index in [9.17, 15) is 4.79 Å². The monoisotopic (exact) mass is 426 g/mol. The lowest BCUT2D eigenvalue weighted by Gasteiger charge is -2.11. The Labute approximate surface area is 188 Å². The first kappa shape index (κ1) is 22.5. The lowest BCUT2D eigenvalue weighted by Crippen LogP contribution is -2.18. The number of nitrogens with one attached hydrogen (secondary N) is 3. The van der Waals surface area contributed by atoms with E-state index in [1.807, 2.05) is 73.5 Å². The number of rotatable bonds is 9. The van der Waals surface area contributed by atoms with Gasteiger partial charge in [-0.05, 0) is 49.9 Å². The molecule has 0 aliphatic carbocycles. The Morgan fingerprint density at radius 1 is 1.03 bits per heavy atom. The Balaban J connectivity index is 1.60. The molecule has 162 valence electrons. The number of nitrogens with zero attached hydrogens (tertiary/aromatic N) is 3. The number of anilines is 5. The van der Waals surface area contributed by atoms with Crippen LogP contribution in [0.5, 0.6) is 0 Å². The van der Waals surface area contributed by atoms with Crippen molar-refractivity contribution >= 4 is 34.6 Å². The molecule has 0 saturated carbocycles. The minimum atomic E-state index is -0.206. The van der Waals surface area contributed by atoms with E-state index in [2.05, 4.69) is 31.8 Å². The lowest BCUT2D eigenvalue weighted by molar-refractivity contribution is -0.111. The van der Waals surface area contributed by atoms with Gasteiger partial charge in [-0.15, -0.1) is 6.42 Å². The van der Waals surface area contributed by atoms with E-state index in [4.69, 9.17) is 6.42 Å². The van der Waals surface area contributed by atoms with Crippen molar-refractivity contribution in [3.63, 3.8) is 0 Å². The molecule has 1 amide bonds. The summed E-state index contributed by atoms with van der Waals surface area (Å²) in [5.41, 5.74) is 3.59. The number of amides is 1. The zero-order valence-electron chi connectivity index (χ0n) is 18.2. The fourth-order valence-corrected chi connectivity index (χ4v) is 2.93. The third kappa shape index (κ3) is 7.27. The number of carbonyl (C=O) groups is 1. The molecule has 0 spiro atoms. The third-order valence-corrected chi connectivity index (χ3v) is 4.41. The molecule has 2 aromatic carbocycles. The first-order chi connectivity index (χ1) is 15.5. The number of hydrogen-bond donors (Lipinski definition) is 3. The van der Waals surface area contributed by atoms with Gasteiger partial charge in [0.15, 0.2) is 0 Å². The quantitative estimate of drug-likeness (QED) is 0.349. The molecule has 0 atom stereocenters. The van der Waals surface area contributed by atoms with Gasteiger partial charge in [0.1, 0.15) is 18.0 Å². The van der Waals surface area contributed by atoms with Crippen LogP contribution in [0.2, 0.25) is 0 Å². The van der Waals surface area contributed by atoms with E-state index in [0.29, 0.717) is 30.4 Å². The smallest absolute Gasteiger partial charge is 0.248 e. The molecule has 0 fully saturated rings. The van der Waals surface area contributed by atoms with Crippen molar-refractivity contribution in [1.82, 2.24) is 14.9 Å². The average Bonchev–Trinajstić information content (AvgIpc) is 2.74. The highest BCUT2D eigenvalue weighted by molar-refractivity contribution is 5.99. The molecule has 0 saturated heterocycles. The summed E-state index contributed by atoms with van der Waals surface area (Å²) in [5, 5.41) is 9.37. The average molecular weight is 427 g/mol. The predicted molar refractivity (Wildman–Crippen MR) is 130 cm³/mol. The SMILES string of the molecule is C#CCN(C)C/C=C/C(=O)Nc1cccc(Nc2cc(Nc3cccc(C)c3)ncn2)c1. The van der Waals surface area contributed by atoms with Crippen molar-refractivity contribution < 1.29 is 4.79 Å². The minimum Gasteiger partial charge on any atom is -0.340 e. The number of likely N-dealkylation sites (N-methyl/N-ethyl adjacent to an activating group) is 1. The molecule has 0 aliphatic rings. The van der Waals surface area contributed by atoms with Crippen LogP contribution in [0.25, 0.3) is 0 Å². The van der Waals surface area contributed by atoms with Crippen molar-refractivity contribution in [1.29, 1.82) is 0 Å². The van der Waals surface area contributed by atoms with Gasteiger partial charge < -0.3 is 16.0 Å². The van der Waals surface area contributed by atoms with E-state index in [0.717, 1.165) is 16.9 Å². The van der Waals surface area contributed by atoms with Crippen molar-refractivity contribution in [2.24, 2.45) is 0 Å². The predicted octanol–water partition coefficient (Wildman–Crippen LogP) is 4.33. The maximum atomic E-state index is 12.2. The summed E-state index contributed by atoms with van der Waals surface area (Å²) < 4.78 is 0. The molecule has 1 heterocycles. The summed E-state index contributed by atoms with van der Waals surface area (Å²) in [6.45, 7) is 3.17. The van der Waals surface area contributed by atoms with Gasteiger partial charge in [-0.3, -0.25) is 9.69 Å². The topological polar surface area (TPSA) is 82.2 Å². The van der Waals surface area contributed by atoms with E-state index < -0.39 is 0 Å². The number of carbonyl (C=O) groups excluding carboxylic acids is 1. The molecular formula is C25H26N6O. The minimum absolute atomic E-state index is 0.206. The summed E-state index contributed by atoms with van der Waals surface area (Å²) in [6, 6.07) is 17.3. The molecule has 0 bridgehead atoms. The summed E-state index contributed by atoms with van der Waals surface area (Å²) in [5.74, 6) is 3.67. The second-order valence-corrected chi connectivity index (χ2v) is 7.28. The molecule has 0 unspecified atom stereocenters. The van der Waals surface area contributed by atoms with E-state index >= 15 is 0 Å². The van der Waals surface area contributed by atoms with E-state index in [1.165, 1.54) is 12.4 Å². The van der Waals surface area contributed by atoms with Gasteiger partial charge in [0.05, 0.1) is 6.54 Å². The van der Waals surface area contributed by atoms with Crippen LogP contribution in [0, 0.1) is 19.3 Å². The maximum Gasteiger partial charge on any atom is 0.248 e. The van der Waals surface area contributed by atoms with Crippen molar-refractivity contribution in [3.05, 3.63) is 78.6 Å². The summed E-state index contributed by atoms with van der Waals surface area (Å²) in [6.07, 6.45) is 10.0. The molecule has 3 N–H and O–H groups in total. The van der Waals surface area contributed by atoms with E-state index in [-0.39, 0.29) is 5.91 Å². The first-order valence-corrected chi connectivity index (χ1v) is 10.1. The zero-order valence-corrected chi connectivity index (χ0v) is 18.2. The second kappa shape index (κ2) is 11.3. The van der Waals surface area contributed by atoms with Gasteiger partial charge >= 0.3 is 0 Å². The molecule has 7 nitrogen and oxygen atoms in total. The van der Waals surface area contributed by atoms with Crippen LogP contribution in [0.15, 0.2) is 73.1 Å². The highest BCUT2D eigenvalue weighted by Gasteiger charge is 2.03. The van der Waals surface area contributed by atoms with Crippen molar-refractivity contribution in [2.75, 3.05) is 36.1 Å².